The number of hydrogen-bond acceptors (Lipinski definition) is 2. The van der Waals surface area contributed by atoms with Crippen LogP contribution >= 0.6 is 34.5 Å². The lowest BCUT2D eigenvalue weighted by atomic mass is 10.2. The zero-order chi connectivity index (χ0) is 10.1. The fourth-order valence-electron chi connectivity index (χ4n) is 1.17. The lowest BCUT2D eigenvalue weighted by Crippen LogP contribution is -1.75. The molecule has 1 heterocycles. The van der Waals surface area contributed by atoms with E-state index in [1.54, 1.807) is 17.4 Å². The molecule has 0 spiro atoms. The molecule has 72 valence electrons. The van der Waals surface area contributed by atoms with E-state index in [1.165, 1.54) is 4.88 Å². The summed E-state index contributed by atoms with van der Waals surface area (Å²) in [5.41, 5.74) is 0.973. The number of thiazole rings is 1. The Bertz CT molecular complexity index is 445. The number of rotatable bonds is 1. The highest BCUT2D eigenvalue weighted by atomic mass is 35.5. The minimum absolute atomic E-state index is 0.639. The monoisotopic (exact) mass is 243 g/mol. The van der Waals surface area contributed by atoms with Crippen LogP contribution in [0.2, 0.25) is 10.0 Å². The Morgan fingerprint density at radius 1 is 1.14 bits per heavy atom. The van der Waals surface area contributed by atoms with E-state index in [-0.39, 0.29) is 0 Å². The molecular formula is C10H7Cl2NS. The molecule has 4 heteroatoms. The Morgan fingerprint density at radius 3 is 2.29 bits per heavy atom. The van der Waals surface area contributed by atoms with Gasteiger partial charge in [0.1, 0.15) is 5.01 Å². The largest absolute Gasteiger partial charge is 0.244 e. The molecule has 0 radical (unpaired) electrons. The van der Waals surface area contributed by atoms with Crippen LogP contribution in [0, 0.1) is 6.92 Å². The molecular weight excluding hydrogens is 237 g/mol. The average Bonchev–Trinajstić information content (AvgIpc) is 2.50. The first-order valence-corrected chi connectivity index (χ1v) is 5.61. The Hall–Kier alpha value is -0.570. The molecule has 0 unspecified atom stereocenters. The number of aryl methyl sites for hydroxylation is 1. The van der Waals surface area contributed by atoms with E-state index in [2.05, 4.69) is 4.98 Å². The molecule has 1 aromatic heterocycles. The third-order valence-electron chi connectivity index (χ3n) is 1.73. The Balaban J connectivity index is 2.51. The molecule has 2 aromatic rings. The Kier molecular flexibility index (Phi) is 2.77. The van der Waals surface area contributed by atoms with Crippen molar-refractivity contribution in [3.05, 3.63) is 39.3 Å². The minimum Gasteiger partial charge on any atom is -0.244 e. The molecule has 0 saturated heterocycles. The zero-order valence-electron chi connectivity index (χ0n) is 7.42. The standard InChI is InChI=1S/C10H7Cl2NS/c1-6-5-13-10(14-6)7-2-8(11)4-9(12)3-7/h2-5H,1H3. The molecule has 0 bridgehead atoms. The Morgan fingerprint density at radius 2 is 1.79 bits per heavy atom. The highest BCUT2D eigenvalue weighted by Crippen LogP contribution is 2.29. The van der Waals surface area contributed by atoms with Crippen molar-refractivity contribution in [2.45, 2.75) is 6.92 Å². The summed E-state index contributed by atoms with van der Waals surface area (Å²) in [4.78, 5) is 5.45. The number of benzene rings is 1. The molecule has 2 rings (SSSR count). The van der Waals surface area contributed by atoms with Crippen LogP contribution in [0.3, 0.4) is 0 Å². The predicted octanol–water partition coefficient (Wildman–Crippen LogP) is 4.43. The first-order valence-electron chi connectivity index (χ1n) is 4.04. The van der Waals surface area contributed by atoms with Crippen molar-refractivity contribution < 1.29 is 0 Å². The fraction of sp³-hybridized carbons (Fsp3) is 0.100. The number of aromatic nitrogens is 1. The van der Waals surface area contributed by atoms with Gasteiger partial charge in [-0.15, -0.1) is 11.3 Å². The van der Waals surface area contributed by atoms with Gasteiger partial charge in [-0.05, 0) is 25.1 Å². The van der Waals surface area contributed by atoms with E-state index in [0.29, 0.717) is 10.0 Å². The van der Waals surface area contributed by atoms with E-state index in [1.807, 2.05) is 25.3 Å². The SMILES string of the molecule is Cc1cnc(-c2cc(Cl)cc(Cl)c2)s1. The molecule has 0 aliphatic heterocycles. The van der Waals surface area contributed by atoms with Crippen molar-refractivity contribution in [2.75, 3.05) is 0 Å². The van der Waals surface area contributed by atoms with Gasteiger partial charge < -0.3 is 0 Å². The molecule has 14 heavy (non-hydrogen) atoms. The van der Waals surface area contributed by atoms with Crippen LogP contribution < -0.4 is 0 Å². The highest BCUT2D eigenvalue weighted by Gasteiger charge is 2.04. The summed E-state index contributed by atoms with van der Waals surface area (Å²) in [6, 6.07) is 5.45. The van der Waals surface area contributed by atoms with Crippen molar-refractivity contribution in [1.82, 2.24) is 4.98 Å². The van der Waals surface area contributed by atoms with Crippen molar-refractivity contribution >= 4 is 34.5 Å². The molecule has 0 N–H and O–H groups in total. The summed E-state index contributed by atoms with van der Waals surface area (Å²) >= 11 is 13.4. The summed E-state index contributed by atoms with van der Waals surface area (Å²) < 4.78 is 0. The van der Waals surface area contributed by atoms with Gasteiger partial charge in [-0.3, -0.25) is 0 Å². The lowest BCUT2D eigenvalue weighted by molar-refractivity contribution is 1.38. The molecule has 0 atom stereocenters. The van der Waals surface area contributed by atoms with Gasteiger partial charge in [0.15, 0.2) is 0 Å². The second-order valence-electron chi connectivity index (χ2n) is 2.93. The summed E-state index contributed by atoms with van der Waals surface area (Å²) in [7, 11) is 0. The van der Waals surface area contributed by atoms with Crippen molar-refractivity contribution in [3.8, 4) is 10.6 Å². The van der Waals surface area contributed by atoms with Gasteiger partial charge in [0.05, 0.1) is 0 Å². The maximum Gasteiger partial charge on any atom is 0.123 e. The van der Waals surface area contributed by atoms with Crippen LogP contribution in [0.4, 0.5) is 0 Å². The van der Waals surface area contributed by atoms with E-state index in [9.17, 15) is 0 Å². The normalized spacial score (nSPS) is 10.5. The third kappa shape index (κ3) is 2.08. The van der Waals surface area contributed by atoms with Crippen LogP contribution in [0.5, 0.6) is 0 Å². The Labute approximate surface area is 96.3 Å². The van der Waals surface area contributed by atoms with Gasteiger partial charge in [0.25, 0.3) is 0 Å². The molecule has 0 saturated carbocycles. The summed E-state index contributed by atoms with van der Waals surface area (Å²) in [6.07, 6.45) is 1.84. The summed E-state index contributed by atoms with van der Waals surface area (Å²) in [6.45, 7) is 2.02. The lowest BCUT2D eigenvalue weighted by Gasteiger charge is -1.98. The number of hydrogen-bond donors (Lipinski definition) is 0. The quantitative estimate of drug-likeness (QED) is 0.723. The van der Waals surface area contributed by atoms with Crippen LogP contribution in [-0.2, 0) is 0 Å². The van der Waals surface area contributed by atoms with Gasteiger partial charge in [-0.25, -0.2) is 4.98 Å². The summed E-state index contributed by atoms with van der Waals surface area (Å²) in [5.74, 6) is 0. The maximum atomic E-state index is 5.90. The average molecular weight is 244 g/mol. The van der Waals surface area contributed by atoms with E-state index < -0.39 is 0 Å². The predicted molar refractivity (Wildman–Crippen MR) is 62.3 cm³/mol. The minimum atomic E-state index is 0.639. The van der Waals surface area contributed by atoms with Gasteiger partial charge in [-0.2, -0.15) is 0 Å². The van der Waals surface area contributed by atoms with Gasteiger partial charge in [-0.1, -0.05) is 23.2 Å². The third-order valence-corrected chi connectivity index (χ3v) is 3.13. The second-order valence-corrected chi connectivity index (χ2v) is 5.04. The molecule has 0 fully saturated rings. The number of nitrogens with zero attached hydrogens (tertiary/aromatic N) is 1. The van der Waals surface area contributed by atoms with Crippen LogP contribution in [0.1, 0.15) is 4.88 Å². The van der Waals surface area contributed by atoms with Crippen molar-refractivity contribution in [1.29, 1.82) is 0 Å². The fourth-order valence-corrected chi connectivity index (χ4v) is 2.44. The molecule has 1 nitrogen and oxygen atoms in total. The van der Waals surface area contributed by atoms with Crippen LogP contribution in [0.15, 0.2) is 24.4 Å². The first-order chi connectivity index (χ1) is 6.65. The van der Waals surface area contributed by atoms with Gasteiger partial charge in [0.2, 0.25) is 0 Å². The van der Waals surface area contributed by atoms with E-state index in [4.69, 9.17) is 23.2 Å². The first kappa shape index (κ1) is 9.97. The smallest absolute Gasteiger partial charge is 0.123 e. The number of halogens is 2. The van der Waals surface area contributed by atoms with Crippen LogP contribution in [0.25, 0.3) is 10.6 Å². The van der Waals surface area contributed by atoms with Gasteiger partial charge >= 0.3 is 0 Å². The van der Waals surface area contributed by atoms with Crippen molar-refractivity contribution in [3.63, 3.8) is 0 Å². The van der Waals surface area contributed by atoms with Crippen LogP contribution in [-0.4, -0.2) is 4.98 Å². The second kappa shape index (κ2) is 3.89. The topological polar surface area (TPSA) is 12.9 Å². The molecule has 0 aliphatic rings. The van der Waals surface area contributed by atoms with E-state index >= 15 is 0 Å². The molecule has 1 aromatic carbocycles. The maximum absolute atomic E-state index is 5.90. The van der Waals surface area contributed by atoms with E-state index in [0.717, 1.165) is 10.6 Å². The summed E-state index contributed by atoms with van der Waals surface area (Å²) in [5, 5.41) is 2.23. The van der Waals surface area contributed by atoms with Gasteiger partial charge in [0, 0.05) is 26.7 Å². The highest BCUT2D eigenvalue weighted by molar-refractivity contribution is 7.14. The molecule has 0 amide bonds. The van der Waals surface area contributed by atoms with Crippen molar-refractivity contribution in [2.24, 2.45) is 0 Å². The molecule has 0 aliphatic carbocycles. The zero-order valence-corrected chi connectivity index (χ0v) is 9.75.